The summed E-state index contributed by atoms with van der Waals surface area (Å²) < 4.78 is 26.8. The molecule has 1 heterocycles. The number of esters is 1. The van der Waals surface area contributed by atoms with Gasteiger partial charge in [-0.1, -0.05) is 18.7 Å². The molecule has 1 aliphatic heterocycles. The molecule has 0 N–H and O–H groups in total. The van der Waals surface area contributed by atoms with Crippen LogP contribution in [0, 0.1) is 6.92 Å². The molecule has 0 saturated carbocycles. The fourth-order valence-electron chi connectivity index (χ4n) is 2.95. The molecule has 0 aromatic heterocycles. The monoisotopic (exact) mass is 410 g/mol. The van der Waals surface area contributed by atoms with Crippen molar-refractivity contribution in [3.05, 3.63) is 65.4 Å². The first-order chi connectivity index (χ1) is 14.5. The average Bonchev–Trinajstić information content (AvgIpc) is 3.07. The Labute approximate surface area is 174 Å². The average molecular weight is 410 g/mol. The number of ketones is 1. The van der Waals surface area contributed by atoms with E-state index < -0.39 is 5.97 Å². The summed E-state index contributed by atoms with van der Waals surface area (Å²) in [4.78, 5) is 24.4. The zero-order valence-corrected chi connectivity index (χ0v) is 17.0. The van der Waals surface area contributed by atoms with E-state index in [4.69, 9.17) is 23.7 Å². The number of rotatable bonds is 8. The highest BCUT2D eigenvalue weighted by molar-refractivity contribution is 6.15. The van der Waals surface area contributed by atoms with Gasteiger partial charge in [-0.2, -0.15) is 0 Å². The number of Topliss-reactive ketones (excluding diaryl/α,β-unsaturated/α-hetero) is 1. The van der Waals surface area contributed by atoms with E-state index in [1.807, 2.05) is 0 Å². The third-order valence-electron chi connectivity index (χ3n) is 4.45. The summed E-state index contributed by atoms with van der Waals surface area (Å²) in [5.41, 5.74) is 1.77. The number of benzene rings is 2. The van der Waals surface area contributed by atoms with E-state index in [0.29, 0.717) is 34.1 Å². The minimum Gasteiger partial charge on any atom is -0.493 e. The molecule has 0 unspecified atom stereocenters. The predicted molar refractivity (Wildman–Crippen MR) is 110 cm³/mol. The molecular weight excluding hydrogens is 388 g/mol. The van der Waals surface area contributed by atoms with Crippen molar-refractivity contribution in [1.29, 1.82) is 0 Å². The fraction of sp³-hybridized carbons (Fsp3) is 0.217. The number of hydrogen-bond acceptors (Lipinski definition) is 7. The second-order valence-electron chi connectivity index (χ2n) is 6.38. The number of methoxy groups -OCH3 is 2. The van der Waals surface area contributed by atoms with Gasteiger partial charge in [0, 0.05) is 5.56 Å². The molecule has 0 aliphatic carbocycles. The van der Waals surface area contributed by atoms with Crippen molar-refractivity contribution in [3.63, 3.8) is 0 Å². The van der Waals surface area contributed by atoms with Crippen LogP contribution in [-0.4, -0.2) is 39.2 Å². The molecule has 0 radical (unpaired) electrons. The minimum absolute atomic E-state index is 0.118. The van der Waals surface area contributed by atoms with Crippen LogP contribution in [-0.2, 0) is 9.53 Å². The maximum absolute atomic E-state index is 12.8. The molecule has 0 spiro atoms. The number of carbonyl (C=O) groups excluding carboxylic acids is 2. The first-order valence-corrected chi connectivity index (χ1v) is 9.17. The van der Waals surface area contributed by atoms with Crippen molar-refractivity contribution < 1.29 is 33.3 Å². The maximum Gasteiger partial charge on any atom is 0.344 e. The van der Waals surface area contributed by atoms with E-state index in [2.05, 4.69) is 6.58 Å². The van der Waals surface area contributed by atoms with E-state index in [-0.39, 0.29) is 24.8 Å². The van der Waals surface area contributed by atoms with Crippen LogP contribution in [0.1, 0.15) is 21.5 Å². The van der Waals surface area contributed by atoms with Crippen molar-refractivity contribution >= 4 is 17.8 Å². The molecule has 2 aromatic rings. The third kappa shape index (κ3) is 4.30. The molecule has 0 amide bonds. The summed E-state index contributed by atoms with van der Waals surface area (Å²) >= 11 is 0. The molecule has 30 heavy (non-hydrogen) atoms. The molecule has 2 aromatic carbocycles. The summed E-state index contributed by atoms with van der Waals surface area (Å²) in [6.07, 6.45) is 3.11. The quantitative estimate of drug-likeness (QED) is 0.373. The molecule has 7 heteroatoms. The first-order valence-electron chi connectivity index (χ1n) is 9.17. The summed E-state index contributed by atoms with van der Waals surface area (Å²) in [6.45, 7) is 5.11. The number of fused-ring (bicyclic) bond motifs is 1. The van der Waals surface area contributed by atoms with Crippen LogP contribution < -0.4 is 18.9 Å². The van der Waals surface area contributed by atoms with Gasteiger partial charge in [-0.05, 0) is 42.8 Å². The molecule has 7 nitrogen and oxygen atoms in total. The lowest BCUT2D eigenvalue weighted by Gasteiger charge is -2.11. The first kappa shape index (κ1) is 21.0. The largest absolute Gasteiger partial charge is 0.493 e. The normalized spacial score (nSPS) is 13.4. The number of allylic oxidation sites excluding steroid dienone is 1. The standard InChI is InChI=1S/C23H22O7/c1-5-10-28-21(24)13-29-17-9-7-16-22(25)20(30-23(16)14(17)2)12-15-6-8-18(26-3)19(11-15)27-4/h5-9,11-12H,1,10,13H2,2-4H3/b20-12-. The molecule has 0 atom stereocenters. The summed E-state index contributed by atoms with van der Waals surface area (Å²) in [5.74, 6) is 1.41. The van der Waals surface area contributed by atoms with Crippen molar-refractivity contribution in [2.75, 3.05) is 27.4 Å². The molecule has 0 saturated heterocycles. The summed E-state index contributed by atoms with van der Waals surface area (Å²) in [7, 11) is 3.09. The van der Waals surface area contributed by atoms with Gasteiger partial charge < -0.3 is 23.7 Å². The number of hydrogen-bond donors (Lipinski definition) is 0. The van der Waals surface area contributed by atoms with Crippen LogP contribution in [0.5, 0.6) is 23.0 Å². The van der Waals surface area contributed by atoms with Gasteiger partial charge in [0.25, 0.3) is 0 Å². The van der Waals surface area contributed by atoms with Crippen LogP contribution in [0.2, 0.25) is 0 Å². The zero-order valence-electron chi connectivity index (χ0n) is 17.0. The molecule has 0 bridgehead atoms. The van der Waals surface area contributed by atoms with Gasteiger partial charge in [0.15, 0.2) is 23.9 Å². The fourth-order valence-corrected chi connectivity index (χ4v) is 2.95. The van der Waals surface area contributed by atoms with Crippen LogP contribution in [0.4, 0.5) is 0 Å². The Kier molecular flexibility index (Phi) is 6.41. The molecule has 156 valence electrons. The Morgan fingerprint density at radius 1 is 1.10 bits per heavy atom. The minimum atomic E-state index is -0.513. The molecular formula is C23H22O7. The second kappa shape index (κ2) is 9.17. The van der Waals surface area contributed by atoms with Gasteiger partial charge >= 0.3 is 5.97 Å². The lowest BCUT2D eigenvalue weighted by atomic mass is 10.1. The lowest BCUT2D eigenvalue weighted by Crippen LogP contribution is -2.15. The van der Waals surface area contributed by atoms with E-state index >= 15 is 0 Å². The Morgan fingerprint density at radius 3 is 2.53 bits per heavy atom. The Bertz CT molecular complexity index is 1020. The lowest BCUT2D eigenvalue weighted by molar-refractivity contribution is -0.144. The Morgan fingerprint density at radius 2 is 1.83 bits per heavy atom. The predicted octanol–water partition coefficient (Wildman–Crippen LogP) is 3.74. The molecule has 0 fully saturated rings. The SMILES string of the molecule is C=CCOC(=O)COc1ccc2c(c1C)O/C(=C\c1ccc(OC)c(OC)c1)C2=O. The van der Waals surface area contributed by atoms with Crippen molar-refractivity contribution in [2.24, 2.45) is 0 Å². The van der Waals surface area contributed by atoms with Crippen molar-refractivity contribution in [3.8, 4) is 23.0 Å². The molecule has 1 aliphatic rings. The van der Waals surface area contributed by atoms with Crippen molar-refractivity contribution in [1.82, 2.24) is 0 Å². The van der Waals surface area contributed by atoms with E-state index in [1.54, 1.807) is 57.6 Å². The highest BCUT2D eigenvalue weighted by atomic mass is 16.6. The zero-order chi connectivity index (χ0) is 21.7. The van der Waals surface area contributed by atoms with Gasteiger partial charge in [-0.25, -0.2) is 4.79 Å². The van der Waals surface area contributed by atoms with Gasteiger partial charge in [0.1, 0.15) is 18.1 Å². The number of ether oxygens (including phenoxy) is 5. The van der Waals surface area contributed by atoms with Gasteiger partial charge in [0.2, 0.25) is 5.78 Å². The van der Waals surface area contributed by atoms with Gasteiger partial charge in [-0.3, -0.25) is 4.79 Å². The van der Waals surface area contributed by atoms with Crippen LogP contribution in [0.3, 0.4) is 0 Å². The third-order valence-corrected chi connectivity index (χ3v) is 4.45. The van der Waals surface area contributed by atoms with Gasteiger partial charge in [-0.15, -0.1) is 0 Å². The van der Waals surface area contributed by atoms with Crippen LogP contribution in [0.25, 0.3) is 6.08 Å². The molecule has 3 rings (SSSR count). The van der Waals surface area contributed by atoms with Gasteiger partial charge in [0.05, 0.1) is 19.8 Å². The van der Waals surface area contributed by atoms with Crippen LogP contribution in [0.15, 0.2) is 48.7 Å². The summed E-state index contributed by atoms with van der Waals surface area (Å²) in [5, 5.41) is 0. The van der Waals surface area contributed by atoms with E-state index in [0.717, 1.165) is 5.56 Å². The Hall–Kier alpha value is -3.74. The smallest absolute Gasteiger partial charge is 0.344 e. The summed E-state index contributed by atoms with van der Waals surface area (Å²) in [6, 6.07) is 8.55. The topological polar surface area (TPSA) is 80.3 Å². The van der Waals surface area contributed by atoms with Crippen LogP contribution >= 0.6 is 0 Å². The Balaban J connectivity index is 1.81. The van der Waals surface area contributed by atoms with E-state index in [1.165, 1.54) is 6.08 Å². The van der Waals surface area contributed by atoms with Crippen molar-refractivity contribution in [2.45, 2.75) is 6.92 Å². The number of carbonyl (C=O) groups is 2. The van der Waals surface area contributed by atoms with E-state index in [9.17, 15) is 9.59 Å². The maximum atomic E-state index is 12.8. The highest BCUT2D eigenvalue weighted by Gasteiger charge is 2.30. The second-order valence-corrected chi connectivity index (χ2v) is 6.38. The highest BCUT2D eigenvalue weighted by Crippen LogP contribution is 2.39.